The standard InChI is InChI=1S/C16H20N4O2/c1-11(17)12-6-8-20(9-7-12)16(21)14-4-2-13(3-5-14)15-18-10-22-19-15/h2-5,10-12H,6-9,17H2,1H3. The third kappa shape index (κ3) is 3.01. The number of nitrogens with zero attached hydrogens (tertiary/aromatic N) is 3. The Kier molecular flexibility index (Phi) is 4.20. The van der Waals surface area contributed by atoms with E-state index in [0.717, 1.165) is 31.5 Å². The molecule has 1 aliphatic rings. The van der Waals surface area contributed by atoms with Crippen LogP contribution >= 0.6 is 0 Å². The number of amides is 1. The van der Waals surface area contributed by atoms with Gasteiger partial charge in [-0.05, 0) is 37.8 Å². The lowest BCUT2D eigenvalue weighted by Gasteiger charge is -2.33. The zero-order chi connectivity index (χ0) is 15.5. The molecule has 6 nitrogen and oxygen atoms in total. The number of benzene rings is 1. The van der Waals surface area contributed by atoms with Crippen LogP contribution in [0.4, 0.5) is 0 Å². The van der Waals surface area contributed by atoms with Crippen molar-refractivity contribution in [2.24, 2.45) is 11.7 Å². The Morgan fingerprint density at radius 3 is 2.55 bits per heavy atom. The summed E-state index contributed by atoms with van der Waals surface area (Å²) in [5.74, 6) is 1.11. The Morgan fingerprint density at radius 2 is 2.00 bits per heavy atom. The average Bonchev–Trinajstić information content (AvgIpc) is 3.09. The number of hydrogen-bond donors (Lipinski definition) is 1. The van der Waals surface area contributed by atoms with E-state index >= 15 is 0 Å². The van der Waals surface area contributed by atoms with Gasteiger partial charge in [-0.2, -0.15) is 4.98 Å². The van der Waals surface area contributed by atoms with Crippen LogP contribution in [0.15, 0.2) is 35.2 Å². The number of aromatic nitrogens is 2. The van der Waals surface area contributed by atoms with Gasteiger partial charge in [0.25, 0.3) is 5.91 Å². The Balaban J connectivity index is 1.66. The fourth-order valence-corrected chi connectivity index (χ4v) is 2.87. The molecule has 2 N–H and O–H groups in total. The number of rotatable bonds is 3. The lowest BCUT2D eigenvalue weighted by atomic mass is 9.90. The maximum absolute atomic E-state index is 12.5. The van der Waals surface area contributed by atoms with Gasteiger partial charge in [0.15, 0.2) is 0 Å². The first kappa shape index (κ1) is 14.7. The van der Waals surface area contributed by atoms with E-state index in [1.807, 2.05) is 36.1 Å². The van der Waals surface area contributed by atoms with E-state index in [2.05, 4.69) is 10.1 Å². The Labute approximate surface area is 129 Å². The summed E-state index contributed by atoms with van der Waals surface area (Å²) in [6.07, 6.45) is 3.24. The Hall–Kier alpha value is -2.21. The molecule has 1 aromatic carbocycles. The van der Waals surface area contributed by atoms with Crippen molar-refractivity contribution < 1.29 is 9.32 Å². The number of carbonyl (C=O) groups is 1. The minimum atomic E-state index is 0.0720. The number of carbonyl (C=O) groups excluding carboxylic acids is 1. The summed E-state index contributed by atoms with van der Waals surface area (Å²) >= 11 is 0. The summed E-state index contributed by atoms with van der Waals surface area (Å²) < 4.78 is 4.72. The van der Waals surface area contributed by atoms with Gasteiger partial charge in [0, 0.05) is 30.3 Å². The van der Waals surface area contributed by atoms with E-state index in [9.17, 15) is 4.79 Å². The van der Waals surface area contributed by atoms with Crippen LogP contribution in [-0.2, 0) is 0 Å². The highest BCUT2D eigenvalue weighted by Gasteiger charge is 2.25. The van der Waals surface area contributed by atoms with Crippen LogP contribution in [0.3, 0.4) is 0 Å². The molecule has 0 saturated carbocycles. The predicted octanol–water partition coefficient (Wildman–Crippen LogP) is 1.94. The predicted molar refractivity (Wildman–Crippen MR) is 82.0 cm³/mol. The molecule has 116 valence electrons. The molecule has 3 rings (SSSR count). The van der Waals surface area contributed by atoms with E-state index < -0.39 is 0 Å². The van der Waals surface area contributed by atoms with Gasteiger partial charge >= 0.3 is 0 Å². The highest BCUT2D eigenvalue weighted by Crippen LogP contribution is 2.22. The van der Waals surface area contributed by atoms with Gasteiger partial charge in [0.05, 0.1) is 0 Å². The maximum atomic E-state index is 12.5. The quantitative estimate of drug-likeness (QED) is 0.936. The topological polar surface area (TPSA) is 85.2 Å². The lowest BCUT2D eigenvalue weighted by Crippen LogP contribution is -2.42. The van der Waals surface area contributed by atoms with Crippen LogP contribution in [0, 0.1) is 5.92 Å². The van der Waals surface area contributed by atoms with Gasteiger partial charge in [0.1, 0.15) is 0 Å². The highest BCUT2D eigenvalue weighted by molar-refractivity contribution is 5.94. The van der Waals surface area contributed by atoms with Gasteiger partial charge in [-0.25, -0.2) is 0 Å². The molecule has 6 heteroatoms. The largest absolute Gasteiger partial charge is 0.342 e. The molecule has 1 fully saturated rings. The van der Waals surface area contributed by atoms with Crippen molar-refractivity contribution in [3.8, 4) is 11.4 Å². The van der Waals surface area contributed by atoms with Crippen LogP contribution in [0.5, 0.6) is 0 Å². The van der Waals surface area contributed by atoms with Crippen molar-refractivity contribution in [1.29, 1.82) is 0 Å². The molecule has 1 aliphatic heterocycles. The Bertz CT molecular complexity index is 614. The summed E-state index contributed by atoms with van der Waals surface area (Å²) in [6.45, 7) is 3.59. The molecule has 1 atom stereocenters. The lowest BCUT2D eigenvalue weighted by molar-refractivity contribution is 0.0681. The number of piperidine rings is 1. The van der Waals surface area contributed by atoms with Crippen LogP contribution in [0.2, 0.25) is 0 Å². The van der Waals surface area contributed by atoms with Crippen molar-refractivity contribution in [1.82, 2.24) is 15.0 Å². The van der Waals surface area contributed by atoms with Crippen molar-refractivity contribution in [2.45, 2.75) is 25.8 Å². The van der Waals surface area contributed by atoms with E-state index in [1.54, 1.807) is 0 Å². The third-order valence-electron chi connectivity index (χ3n) is 4.32. The number of likely N-dealkylation sites (tertiary alicyclic amines) is 1. The smallest absolute Gasteiger partial charge is 0.253 e. The van der Waals surface area contributed by atoms with Gasteiger partial charge in [0.2, 0.25) is 12.2 Å². The van der Waals surface area contributed by atoms with E-state index in [0.29, 0.717) is 17.3 Å². The van der Waals surface area contributed by atoms with Crippen molar-refractivity contribution in [3.63, 3.8) is 0 Å². The van der Waals surface area contributed by atoms with Gasteiger partial charge in [-0.1, -0.05) is 17.3 Å². The molecular formula is C16H20N4O2. The highest BCUT2D eigenvalue weighted by atomic mass is 16.5. The fourth-order valence-electron chi connectivity index (χ4n) is 2.87. The zero-order valence-electron chi connectivity index (χ0n) is 12.6. The summed E-state index contributed by atoms with van der Waals surface area (Å²) in [6, 6.07) is 7.50. The molecule has 0 aliphatic carbocycles. The maximum Gasteiger partial charge on any atom is 0.253 e. The minimum absolute atomic E-state index is 0.0720. The molecular weight excluding hydrogens is 280 g/mol. The first-order valence-corrected chi connectivity index (χ1v) is 7.57. The van der Waals surface area contributed by atoms with Crippen LogP contribution in [-0.4, -0.2) is 40.1 Å². The first-order valence-electron chi connectivity index (χ1n) is 7.57. The first-order chi connectivity index (χ1) is 10.6. The molecule has 0 spiro atoms. The van der Waals surface area contributed by atoms with Crippen LogP contribution in [0.1, 0.15) is 30.1 Å². The van der Waals surface area contributed by atoms with Crippen molar-refractivity contribution in [3.05, 3.63) is 36.2 Å². The van der Waals surface area contributed by atoms with Gasteiger partial charge in [-0.3, -0.25) is 4.79 Å². The Morgan fingerprint density at radius 1 is 1.32 bits per heavy atom. The summed E-state index contributed by atoms with van der Waals surface area (Å²) in [5, 5.41) is 3.78. The normalized spacial score (nSPS) is 17.5. The van der Waals surface area contributed by atoms with Crippen molar-refractivity contribution in [2.75, 3.05) is 13.1 Å². The molecule has 2 heterocycles. The molecule has 2 aromatic rings. The second-order valence-electron chi connectivity index (χ2n) is 5.82. The number of nitrogens with two attached hydrogens (primary N) is 1. The van der Waals surface area contributed by atoms with E-state index in [4.69, 9.17) is 10.3 Å². The second-order valence-corrected chi connectivity index (χ2v) is 5.82. The van der Waals surface area contributed by atoms with Crippen molar-refractivity contribution >= 4 is 5.91 Å². The monoisotopic (exact) mass is 300 g/mol. The zero-order valence-corrected chi connectivity index (χ0v) is 12.6. The molecule has 0 bridgehead atoms. The summed E-state index contributed by atoms with van der Waals surface area (Å²) in [4.78, 5) is 18.4. The van der Waals surface area contributed by atoms with E-state index in [-0.39, 0.29) is 11.9 Å². The van der Waals surface area contributed by atoms with Gasteiger partial charge < -0.3 is 15.2 Å². The summed E-state index contributed by atoms with van der Waals surface area (Å²) in [7, 11) is 0. The fraction of sp³-hybridized carbons (Fsp3) is 0.438. The third-order valence-corrected chi connectivity index (χ3v) is 4.32. The van der Waals surface area contributed by atoms with Crippen LogP contribution < -0.4 is 5.73 Å². The van der Waals surface area contributed by atoms with E-state index in [1.165, 1.54) is 6.39 Å². The van der Waals surface area contributed by atoms with Gasteiger partial charge in [-0.15, -0.1) is 0 Å². The molecule has 1 aromatic heterocycles. The molecule has 22 heavy (non-hydrogen) atoms. The second kappa shape index (κ2) is 6.27. The SMILES string of the molecule is CC(N)C1CCN(C(=O)c2ccc(-c3ncon3)cc2)CC1. The average molecular weight is 300 g/mol. The molecule has 1 amide bonds. The minimum Gasteiger partial charge on any atom is -0.342 e. The molecule has 0 radical (unpaired) electrons. The summed E-state index contributed by atoms with van der Waals surface area (Å²) in [5.41, 5.74) is 7.46. The molecule has 1 unspecified atom stereocenters. The van der Waals surface area contributed by atoms with Crippen LogP contribution in [0.25, 0.3) is 11.4 Å². The molecule has 1 saturated heterocycles. The number of hydrogen-bond acceptors (Lipinski definition) is 5.